The predicted molar refractivity (Wildman–Crippen MR) is 31.8 cm³/mol. The molecule has 0 bridgehead atoms. The van der Waals surface area contributed by atoms with Crippen LogP contribution < -0.4 is 0 Å². The van der Waals surface area contributed by atoms with Crippen molar-refractivity contribution in [1.82, 2.24) is 0 Å². The first kappa shape index (κ1) is 11.8. The highest BCUT2D eigenvalue weighted by Crippen LogP contribution is 2.03. The van der Waals surface area contributed by atoms with E-state index in [2.05, 4.69) is 8.37 Å². The van der Waals surface area contributed by atoms with Crippen LogP contribution in [0.3, 0.4) is 0 Å². The summed E-state index contributed by atoms with van der Waals surface area (Å²) in [4.78, 5) is 0. The van der Waals surface area contributed by atoms with Crippen LogP contribution in [0.4, 0.5) is 17.6 Å². The van der Waals surface area contributed by atoms with E-state index in [-0.39, 0.29) is 0 Å². The molecular weight excluding hydrogens is 204 g/mol. The topological polar surface area (TPSA) is 35.5 Å². The zero-order valence-corrected chi connectivity index (χ0v) is 6.53. The highest BCUT2D eigenvalue weighted by molar-refractivity contribution is 7.75. The highest BCUT2D eigenvalue weighted by atomic mass is 32.2. The largest absolute Gasteiger partial charge is 0.358 e. The summed E-state index contributed by atoms with van der Waals surface area (Å²) in [6.07, 6.45) is -3.29. The molecule has 0 radical (unpaired) electrons. The van der Waals surface area contributed by atoms with E-state index in [1.54, 1.807) is 0 Å². The van der Waals surface area contributed by atoms with E-state index in [0.29, 0.717) is 0 Å². The Morgan fingerprint density at radius 1 is 1.25 bits per heavy atom. The average molecular weight is 210 g/mol. The molecule has 8 heteroatoms. The lowest BCUT2D eigenvalue weighted by atomic mass is 10.5. The molecule has 74 valence electrons. The van der Waals surface area contributed by atoms with E-state index in [1.807, 2.05) is 0 Å². The van der Waals surface area contributed by atoms with E-state index in [4.69, 9.17) is 0 Å². The monoisotopic (exact) mass is 210 g/mol. The van der Waals surface area contributed by atoms with Gasteiger partial charge in [0.2, 0.25) is 6.43 Å². The molecule has 1 unspecified atom stereocenters. The molecule has 0 aliphatic heterocycles. The molecule has 3 nitrogen and oxygen atoms in total. The van der Waals surface area contributed by atoms with Crippen LogP contribution in [-0.2, 0) is 19.7 Å². The Labute approximate surface area is 68.5 Å². The minimum atomic E-state index is -3.24. The summed E-state index contributed by atoms with van der Waals surface area (Å²) < 4.78 is 62.6. The van der Waals surface area contributed by atoms with Crippen LogP contribution in [0.5, 0.6) is 0 Å². The Morgan fingerprint density at radius 2 is 1.83 bits per heavy atom. The van der Waals surface area contributed by atoms with Gasteiger partial charge in [0.05, 0.1) is 6.61 Å². The molecule has 0 aliphatic carbocycles. The molecule has 1 atom stereocenters. The fraction of sp³-hybridized carbons (Fsp3) is 1.00. The SMILES string of the molecule is O=S(OCCC(F)F)OC(F)F. The molecule has 12 heavy (non-hydrogen) atoms. The van der Waals surface area contributed by atoms with Crippen molar-refractivity contribution in [2.45, 2.75) is 19.5 Å². The third-order valence-corrected chi connectivity index (χ3v) is 1.33. The van der Waals surface area contributed by atoms with Crippen LogP contribution in [0.15, 0.2) is 0 Å². The van der Waals surface area contributed by atoms with Gasteiger partial charge in [-0.3, -0.25) is 4.18 Å². The van der Waals surface area contributed by atoms with E-state index < -0.39 is 37.4 Å². The van der Waals surface area contributed by atoms with E-state index in [0.717, 1.165) is 0 Å². The predicted octanol–water partition coefficient (Wildman–Crippen LogP) is 1.48. The van der Waals surface area contributed by atoms with Crippen LogP contribution in [-0.4, -0.2) is 23.9 Å². The molecule has 0 heterocycles. The lowest BCUT2D eigenvalue weighted by molar-refractivity contribution is -0.0487. The maximum Gasteiger partial charge on any atom is 0.358 e. The fourth-order valence-electron chi connectivity index (χ4n) is 0.292. The van der Waals surface area contributed by atoms with E-state index in [1.165, 1.54) is 0 Å². The van der Waals surface area contributed by atoms with Crippen LogP contribution >= 0.6 is 0 Å². The first-order valence-corrected chi connectivity index (χ1v) is 3.81. The Bertz CT molecular complexity index is 142. The van der Waals surface area contributed by atoms with E-state index in [9.17, 15) is 21.8 Å². The fourth-order valence-corrected chi connectivity index (χ4v) is 0.699. The maximum atomic E-state index is 11.4. The third kappa shape index (κ3) is 7.89. The first-order valence-electron chi connectivity index (χ1n) is 2.81. The molecule has 0 spiro atoms. The molecule has 0 amide bonds. The normalized spacial score (nSPS) is 14.2. The van der Waals surface area contributed by atoms with Crippen molar-refractivity contribution in [2.24, 2.45) is 0 Å². The molecular formula is C4H6F4O3S. The van der Waals surface area contributed by atoms with Gasteiger partial charge in [-0.15, -0.1) is 0 Å². The van der Waals surface area contributed by atoms with Crippen molar-refractivity contribution < 1.29 is 30.1 Å². The molecule has 0 saturated heterocycles. The van der Waals surface area contributed by atoms with Gasteiger partial charge in [0.1, 0.15) is 0 Å². The van der Waals surface area contributed by atoms with Crippen molar-refractivity contribution in [1.29, 1.82) is 0 Å². The van der Waals surface area contributed by atoms with Gasteiger partial charge in [-0.25, -0.2) is 13.0 Å². The van der Waals surface area contributed by atoms with Crippen molar-refractivity contribution in [3.63, 3.8) is 0 Å². The molecule has 0 aromatic rings. The quantitative estimate of drug-likeness (QED) is 0.623. The second-order valence-electron chi connectivity index (χ2n) is 1.56. The summed E-state index contributed by atoms with van der Waals surface area (Å²) in [7, 11) is 0. The molecule has 0 aromatic heterocycles. The summed E-state index contributed by atoms with van der Waals surface area (Å²) in [5.74, 6) is 0. The molecule has 0 N–H and O–H groups in total. The lowest BCUT2D eigenvalue weighted by Crippen LogP contribution is -2.09. The molecule has 0 rings (SSSR count). The number of alkyl halides is 4. The van der Waals surface area contributed by atoms with Crippen molar-refractivity contribution in [2.75, 3.05) is 6.61 Å². The second kappa shape index (κ2) is 6.32. The lowest BCUT2D eigenvalue weighted by Gasteiger charge is -2.01. The van der Waals surface area contributed by atoms with Crippen LogP contribution in [0.1, 0.15) is 6.42 Å². The zero-order chi connectivity index (χ0) is 9.56. The minimum Gasteiger partial charge on any atom is -0.268 e. The Kier molecular flexibility index (Phi) is 6.21. The van der Waals surface area contributed by atoms with Crippen LogP contribution in [0.2, 0.25) is 0 Å². The Morgan fingerprint density at radius 3 is 2.25 bits per heavy atom. The van der Waals surface area contributed by atoms with Crippen molar-refractivity contribution >= 4 is 11.4 Å². The summed E-state index contributed by atoms with van der Waals surface area (Å²) in [6.45, 7) is -3.82. The van der Waals surface area contributed by atoms with Gasteiger partial charge in [0, 0.05) is 6.42 Å². The molecule has 0 aliphatic rings. The summed E-state index contributed by atoms with van der Waals surface area (Å²) in [5.41, 5.74) is 0. The van der Waals surface area contributed by atoms with Gasteiger partial charge in [0.15, 0.2) is 0 Å². The smallest absolute Gasteiger partial charge is 0.268 e. The Hall–Kier alpha value is -0.210. The van der Waals surface area contributed by atoms with Crippen LogP contribution in [0, 0.1) is 0 Å². The van der Waals surface area contributed by atoms with Gasteiger partial charge in [-0.05, 0) is 0 Å². The van der Waals surface area contributed by atoms with Crippen molar-refractivity contribution in [3.8, 4) is 0 Å². The molecule has 0 aromatic carbocycles. The summed E-state index contributed by atoms with van der Waals surface area (Å²) in [5, 5.41) is 0. The van der Waals surface area contributed by atoms with E-state index >= 15 is 0 Å². The molecule has 0 fully saturated rings. The van der Waals surface area contributed by atoms with Crippen molar-refractivity contribution in [3.05, 3.63) is 0 Å². The van der Waals surface area contributed by atoms with Crippen LogP contribution in [0.25, 0.3) is 0 Å². The van der Waals surface area contributed by atoms with Gasteiger partial charge >= 0.3 is 18.0 Å². The van der Waals surface area contributed by atoms with Gasteiger partial charge < -0.3 is 0 Å². The van der Waals surface area contributed by atoms with Gasteiger partial charge in [-0.2, -0.15) is 13.0 Å². The standard InChI is InChI=1S/C4H6F4O3S/c5-3(6)1-2-10-12(9)11-4(7)8/h3-4H,1-2H2. The number of hydrogen-bond acceptors (Lipinski definition) is 3. The minimum absolute atomic E-state index is 0.586. The zero-order valence-electron chi connectivity index (χ0n) is 5.71. The number of rotatable bonds is 6. The maximum absolute atomic E-state index is 11.4. The Balaban J connectivity index is 3.32. The van der Waals surface area contributed by atoms with Gasteiger partial charge in [-0.1, -0.05) is 0 Å². The summed E-state index contributed by atoms with van der Waals surface area (Å²) in [6, 6.07) is 0. The number of hydrogen-bond donors (Lipinski definition) is 0. The average Bonchev–Trinajstić information content (AvgIpc) is 1.84. The molecule has 0 saturated carbocycles. The highest BCUT2D eigenvalue weighted by Gasteiger charge is 2.11. The third-order valence-electron chi connectivity index (χ3n) is 0.667. The van der Waals surface area contributed by atoms with Gasteiger partial charge in [0.25, 0.3) is 0 Å². The second-order valence-corrected chi connectivity index (χ2v) is 2.40. The first-order chi connectivity index (χ1) is 5.52. The number of halogens is 4. The summed E-state index contributed by atoms with van der Waals surface area (Å²) >= 11 is -2.65.